The van der Waals surface area contributed by atoms with E-state index in [1.54, 1.807) is 42.5 Å². The summed E-state index contributed by atoms with van der Waals surface area (Å²) in [5.41, 5.74) is 0.791. The van der Waals surface area contributed by atoms with E-state index in [2.05, 4.69) is 5.32 Å². The van der Waals surface area contributed by atoms with Gasteiger partial charge < -0.3 is 10.1 Å². The van der Waals surface area contributed by atoms with Crippen molar-refractivity contribution in [3.63, 3.8) is 0 Å². The fourth-order valence-electron chi connectivity index (χ4n) is 2.35. The highest BCUT2D eigenvalue weighted by Crippen LogP contribution is 2.32. The van der Waals surface area contributed by atoms with Gasteiger partial charge in [-0.15, -0.1) is 0 Å². The Morgan fingerprint density at radius 3 is 2.08 bits per heavy atom. The Morgan fingerprint density at radius 2 is 1.52 bits per heavy atom. The monoisotopic (exact) mass is 396 g/mol. The van der Waals surface area contributed by atoms with Gasteiger partial charge >= 0.3 is 0 Å². The molecule has 0 atom stereocenters. The Balaban J connectivity index is 1.90. The van der Waals surface area contributed by atoms with Gasteiger partial charge in [0.05, 0.1) is 12.8 Å². The third-order valence-corrected chi connectivity index (χ3v) is 4.28. The molecular formula is C17H11Cl3N2O3. The molecule has 1 heterocycles. The van der Waals surface area contributed by atoms with Crippen LogP contribution in [0.3, 0.4) is 0 Å². The van der Waals surface area contributed by atoms with Gasteiger partial charge in [0.2, 0.25) is 0 Å². The minimum absolute atomic E-state index is 0.0409. The normalized spacial score (nSPS) is 14.3. The van der Waals surface area contributed by atoms with E-state index in [4.69, 9.17) is 39.5 Å². The number of imide groups is 1. The number of halogens is 3. The first-order valence-electron chi connectivity index (χ1n) is 7.06. The number of hydrogen-bond donors (Lipinski definition) is 1. The zero-order valence-electron chi connectivity index (χ0n) is 12.8. The van der Waals surface area contributed by atoms with Crippen molar-refractivity contribution in [2.75, 3.05) is 17.3 Å². The van der Waals surface area contributed by atoms with Gasteiger partial charge in [0.1, 0.15) is 16.5 Å². The van der Waals surface area contributed by atoms with Gasteiger partial charge in [-0.3, -0.25) is 9.59 Å². The second-order valence-corrected chi connectivity index (χ2v) is 6.37. The van der Waals surface area contributed by atoms with E-state index in [1.165, 1.54) is 7.11 Å². The summed E-state index contributed by atoms with van der Waals surface area (Å²) in [6.45, 7) is 0. The molecule has 2 aromatic carbocycles. The zero-order valence-corrected chi connectivity index (χ0v) is 15.1. The van der Waals surface area contributed by atoms with Gasteiger partial charge in [-0.1, -0.05) is 34.8 Å². The highest BCUT2D eigenvalue weighted by atomic mass is 35.5. The lowest BCUT2D eigenvalue weighted by Crippen LogP contribution is -2.32. The molecule has 5 nitrogen and oxygen atoms in total. The van der Waals surface area contributed by atoms with Gasteiger partial charge in [-0.05, 0) is 42.5 Å². The van der Waals surface area contributed by atoms with E-state index >= 15 is 0 Å². The third-order valence-electron chi connectivity index (χ3n) is 3.49. The number of amides is 2. The minimum Gasteiger partial charge on any atom is -0.497 e. The second-order valence-electron chi connectivity index (χ2n) is 5.12. The van der Waals surface area contributed by atoms with Crippen LogP contribution in [0.5, 0.6) is 5.75 Å². The van der Waals surface area contributed by atoms with Crippen LogP contribution in [-0.2, 0) is 9.59 Å². The summed E-state index contributed by atoms with van der Waals surface area (Å²) >= 11 is 18.0. The fraction of sp³-hybridized carbons (Fsp3) is 0.0588. The molecule has 0 fully saturated rings. The van der Waals surface area contributed by atoms with Gasteiger partial charge in [-0.25, -0.2) is 4.90 Å². The quantitative estimate of drug-likeness (QED) is 0.775. The summed E-state index contributed by atoms with van der Waals surface area (Å²) in [6.07, 6.45) is 0. The third kappa shape index (κ3) is 3.44. The van der Waals surface area contributed by atoms with Crippen LogP contribution in [0.25, 0.3) is 0 Å². The number of benzene rings is 2. The van der Waals surface area contributed by atoms with Crippen LogP contribution in [0.4, 0.5) is 11.4 Å². The molecule has 2 amide bonds. The molecule has 128 valence electrons. The predicted octanol–water partition coefficient (Wildman–Crippen LogP) is 4.44. The Bertz CT molecular complexity index is 874. The molecule has 0 radical (unpaired) electrons. The van der Waals surface area contributed by atoms with Crippen molar-refractivity contribution in [2.45, 2.75) is 0 Å². The van der Waals surface area contributed by atoms with Gasteiger partial charge in [0.15, 0.2) is 0 Å². The summed E-state index contributed by atoms with van der Waals surface area (Å²) < 4.78 is 5.07. The molecule has 2 aromatic rings. The van der Waals surface area contributed by atoms with E-state index in [0.717, 1.165) is 4.90 Å². The summed E-state index contributed by atoms with van der Waals surface area (Å²) in [7, 11) is 1.53. The van der Waals surface area contributed by atoms with Gasteiger partial charge in [0, 0.05) is 15.7 Å². The number of carbonyl (C=O) groups excluding carboxylic acids is 2. The molecule has 0 aliphatic carbocycles. The molecule has 25 heavy (non-hydrogen) atoms. The minimum atomic E-state index is -0.618. The van der Waals surface area contributed by atoms with Crippen molar-refractivity contribution in [3.8, 4) is 5.75 Å². The van der Waals surface area contributed by atoms with Crippen molar-refractivity contribution in [1.29, 1.82) is 0 Å². The number of hydrogen-bond acceptors (Lipinski definition) is 4. The van der Waals surface area contributed by atoms with E-state index < -0.39 is 11.8 Å². The predicted molar refractivity (Wildman–Crippen MR) is 98.5 cm³/mol. The van der Waals surface area contributed by atoms with E-state index in [-0.39, 0.29) is 10.7 Å². The Kier molecular flexibility index (Phi) is 4.90. The van der Waals surface area contributed by atoms with E-state index in [9.17, 15) is 9.59 Å². The molecule has 3 rings (SSSR count). The summed E-state index contributed by atoms with van der Waals surface area (Å²) in [4.78, 5) is 26.0. The molecule has 0 spiro atoms. The number of nitrogens with one attached hydrogen (secondary N) is 1. The number of carbonyl (C=O) groups is 2. The van der Waals surface area contributed by atoms with Crippen molar-refractivity contribution < 1.29 is 14.3 Å². The molecule has 1 aliphatic rings. The molecule has 0 saturated carbocycles. The maximum atomic E-state index is 12.7. The average molecular weight is 398 g/mol. The molecule has 1 N–H and O–H groups in total. The highest BCUT2D eigenvalue weighted by Gasteiger charge is 2.39. The average Bonchev–Trinajstić information content (AvgIpc) is 2.78. The number of nitrogens with zero attached hydrogens (tertiary/aromatic N) is 1. The highest BCUT2D eigenvalue weighted by molar-refractivity contribution is 6.53. The molecule has 8 heteroatoms. The van der Waals surface area contributed by atoms with E-state index in [0.29, 0.717) is 27.2 Å². The summed E-state index contributed by atoms with van der Waals surface area (Å²) in [5, 5.41) is 3.38. The summed E-state index contributed by atoms with van der Waals surface area (Å²) in [5.74, 6) is -0.586. The zero-order chi connectivity index (χ0) is 18.1. The van der Waals surface area contributed by atoms with Crippen molar-refractivity contribution >= 4 is 58.0 Å². The summed E-state index contributed by atoms with van der Waals surface area (Å²) in [6, 6.07) is 11.2. The van der Waals surface area contributed by atoms with Crippen LogP contribution in [0.2, 0.25) is 10.0 Å². The standard InChI is InChI=1S/C17H11Cl3N2O3/c1-25-13-4-2-12(3-5-13)22-16(23)14(20)15(17(22)24)21-11-7-9(18)6-10(19)8-11/h2-8,21H,1H3. The van der Waals surface area contributed by atoms with Crippen LogP contribution in [0.15, 0.2) is 53.2 Å². The fourth-order valence-corrected chi connectivity index (χ4v) is 3.09. The molecule has 0 aromatic heterocycles. The largest absolute Gasteiger partial charge is 0.497 e. The Morgan fingerprint density at radius 1 is 0.920 bits per heavy atom. The molecule has 1 aliphatic heterocycles. The van der Waals surface area contributed by atoms with Crippen molar-refractivity contribution in [1.82, 2.24) is 0 Å². The lowest BCUT2D eigenvalue weighted by molar-refractivity contribution is -0.120. The number of anilines is 2. The SMILES string of the molecule is COc1ccc(N2C(=O)C(Cl)=C(Nc3cc(Cl)cc(Cl)c3)C2=O)cc1. The van der Waals surface area contributed by atoms with Crippen LogP contribution in [0, 0.1) is 0 Å². The number of ether oxygens (including phenoxy) is 1. The van der Waals surface area contributed by atoms with Gasteiger partial charge in [0.25, 0.3) is 11.8 Å². The lowest BCUT2D eigenvalue weighted by atomic mass is 10.2. The number of rotatable bonds is 4. The molecule has 0 saturated heterocycles. The van der Waals surface area contributed by atoms with Crippen LogP contribution >= 0.6 is 34.8 Å². The molecular weight excluding hydrogens is 387 g/mol. The lowest BCUT2D eigenvalue weighted by Gasteiger charge is -2.15. The first-order chi connectivity index (χ1) is 11.9. The van der Waals surface area contributed by atoms with Crippen LogP contribution < -0.4 is 15.0 Å². The first kappa shape index (κ1) is 17.6. The maximum absolute atomic E-state index is 12.7. The van der Waals surface area contributed by atoms with Crippen molar-refractivity contribution in [3.05, 3.63) is 63.2 Å². The van der Waals surface area contributed by atoms with Crippen molar-refractivity contribution in [2.24, 2.45) is 0 Å². The Labute approximate surface area is 158 Å². The smallest absolute Gasteiger partial charge is 0.283 e. The van der Waals surface area contributed by atoms with Crippen LogP contribution in [0.1, 0.15) is 0 Å². The topological polar surface area (TPSA) is 58.6 Å². The number of methoxy groups -OCH3 is 1. The molecule has 0 bridgehead atoms. The second kappa shape index (κ2) is 6.96. The first-order valence-corrected chi connectivity index (χ1v) is 8.20. The van der Waals surface area contributed by atoms with Gasteiger partial charge in [-0.2, -0.15) is 0 Å². The van der Waals surface area contributed by atoms with Crippen LogP contribution in [-0.4, -0.2) is 18.9 Å². The van der Waals surface area contributed by atoms with E-state index in [1.807, 2.05) is 0 Å². The Hall–Kier alpha value is -2.21. The molecule has 0 unspecified atom stereocenters. The maximum Gasteiger partial charge on any atom is 0.283 e.